The summed E-state index contributed by atoms with van der Waals surface area (Å²) in [5, 5.41) is 9.17. The topological polar surface area (TPSA) is 69.3 Å². The number of hydrogen-bond donors (Lipinski definition) is 3. The molecule has 2 aromatic rings. The van der Waals surface area contributed by atoms with Crippen molar-refractivity contribution in [3.8, 4) is 0 Å². The Hall–Kier alpha value is -2.44. The van der Waals surface area contributed by atoms with E-state index in [0.717, 1.165) is 31.7 Å². The Kier molecular flexibility index (Phi) is 5.63. The van der Waals surface area contributed by atoms with Gasteiger partial charge in [-0.3, -0.25) is 9.88 Å². The minimum atomic E-state index is -0.221. The number of aromatic nitrogens is 1. The molecule has 0 radical (unpaired) electrons. The Morgan fingerprint density at radius 1 is 1.28 bits per heavy atom. The van der Waals surface area contributed by atoms with Crippen LogP contribution in [0.4, 0.5) is 10.5 Å². The van der Waals surface area contributed by atoms with Gasteiger partial charge in [-0.1, -0.05) is 24.3 Å². The average molecular weight is 339 g/mol. The molecule has 1 aromatic carbocycles. The maximum Gasteiger partial charge on any atom is 0.320 e. The minimum absolute atomic E-state index is 0.128. The van der Waals surface area contributed by atoms with Crippen LogP contribution in [0.5, 0.6) is 0 Å². The van der Waals surface area contributed by atoms with Crippen molar-refractivity contribution in [3.63, 3.8) is 0 Å². The second-order valence-corrected chi connectivity index (χ2v) is 6.28. The van der Waals surface area contributed by atoms with Gasteiger partial charge in [0, 0.05) is 25.3 Å². The van der Waals surface area contributed by atoms with Crippen LogP contribution in [0.3, 0.4) is 0 Å². The van der Waals surface area contributed by atoms with Crippen LogP contribution in [-0.4, -0.2) is 42.6 Å². The molecule has 132 valence electrons. The smallest absolute Gasteiger partial charge is 0.318 e. The Labute approximate surface area is 148 Å². The molecule has 0 saturated heterocycles. The van der Waals surface area contributed by atoms with E-state index < -0.39 is 0 Å². The summed E-state index contributed by atoms with van der Waals surface area (Å²) in [6, 6.07) is 11.8. The molecule has 6 heteroatoms. The number of hydrogen-bond acceptors (Lipinski definition) is 4. The highest BCUT2D eigenvalue weighted by molar-refractivity contribution is 5.89. The number of carbonyl (C=O) groups excluding carboxylic acids is 1. The summed E-state index contributed by atoms with van der Waals surface area (Å²) < 4.78 is 0. The monoisotopic (exact) mass is 339 g/mol. The number of fused-ring (bicyclic) bond motifs is 1. The number of benzene rings is 1. The second kappa shape index (κ2) is 8.09. The van der Waals surface area contributed by atoms with Gasteiger partial charge in [-0.15, -0.1) is 0 Å². The molecule has 0 fully saturated rings. The summed E-state index contributed by atoms with van der Waals surface area (Å²) in [5.74, 6) is 0. The molecular weight excluding hydrogens is 314 g/mol. The molecule has 1 atom stereocenters. The first-order valence-electron chi connectivity index (χ1n) is 8.64. The Bertz CT molecular complexity index is 716. The highest BCUT2D eigenvalue weighted by atomic mass is 16.2. The SMILES string of the molecule is CNCCN1CCc2ccccc2C1NC(=O)Nc1ccc(C)nc1. The van der Waals surface area contributed by atoms with Crippen LogP contribution in [0, 0.1) is 6.92 Å². The van der Waals surface area contributed by atoms with E-state index in [1.807, 2.05) is 32.2 Å². The van der Waals surface area contributed by atoms with Crippen molar-refractivity contribution in [1.29, 1.82) is 0 Å². The number of carbonyl (C=O) groups is 1. The molecule has 25 heavy (non-hydrogen) atoms. The third-order valence-electron chi connectivity index (χ3n) is 4.47. The van der Waals surface area contributed by atoms with Gasteiger partial charge in [-0.2, -0.15) is 0 Å². The van der Waals surface area contributed by atoms with Gasteiger partial charge in [0.05, 0.1) is 11.9 Å². The standard InChI is InChI=1S/C19H25N5O/c1-14-7-8-16(13-21-14)22-19(25)23-18-17-6-4-3-5-15(17)9-11-24(18)12-10-20-2/h3-8,13,18,20H,9-12H2,1-2H3,(H2,22,23,25). The highest BCUT2D eigenvalue weighted by Crippen LogP contribution is 2.27. The van der Waals surface area contributed by atoms with Crippen LogP contribution in [-0.2, 0) is 6.42 Å². The van der Waals surface area contributed by atoms with E-state index >= 15 is 0 Å². The van der Waals surface area contributed by atoms with Crippen LogP contribution in [0.25, 0.3) is 0 Å². The molecule has 0 bridgehead atoms. The van der Waals surface area contributed by atoms with Crippen LogP contribution in [0.2, 0.25) is 0 Å². The van der Waals surface area contributed by atoms with Crippen molar-refractivity contribution >= 4 is 11.7 Å². The zero-order chi connectivity index (χ0) is 17.6. The van der Waals surface area contributed by atoms with Crippen molar-refractivity contribution in [2.24, 2.45) is 0 Å². The summed E-state index contributed by atoms with van der Waals surface area (Å²) in [5.41, 5.74) is 4.08. The largest absolute Gasteiger partial charge is 0.320 e. The highest BCUT2D eigenvalue weighted by Gasteiger charge is 2.28. The van der Waals surface area contributed by atoms with E-state index in [1.54, 1.807) is 6.20 Å². The van der Waals surface area contributed by atoms with E-state index in [-0.39, 0.29) is 12.2 Å². The molecule has 2 amide bonds. The molecule has 1 unspecified atom stereocenters. The first-order valence-corrected chi connectivity index (χ1v) is 8.64. The van der Waals surface area contributed by atoms with Gasteiger partial charge in [0.1, 0.15) is 6.17 Å². The van der Waals surface area contributed by atoms with Crippen molar-refractivity contribution in [2.75, 3.05) is 32.0 Å². The Balaban J connectivity index is 1.74. The number of pyridine rings is 1. The van der Waals surface area contributed by atoms with Crippen molar-refractivity contribution in [1.82, 2.24) is 20.5 Å². The molecule has 1 aromatic heterocycles. The number of nitrogens with one attached hydrogen (secondary N) is 3. The fourth-order valence-electron chi connectivity index (χ4n) is 3.12. The normalized spacial score (nSPS) is 17.0. The lowest BCUT2D eigenvalue weighted by molar-refractivity contribution is 0.159. The zero-order valence-electron chi connectivity index (χ0n) is 14.7. The number of aryl methyl sites for hydroxylation is 1. The minimum Gasteiger partial charge on any atom is -0.318 e. The molecule has 0 aliphatic carbocycles. The molecule has 6 nitrogen and oxygen atoms in total. The number of amides is 2. The Morgan fingerprint density at radius 2 is 2.12 bits per heavy atom. The zero-order valence-corrected chi connectivity index (χ0v) is 14.7. The predicted molar refractivity (Wildman–Crippen MR) is 99.5 cm³/mol. The lowest BCUT2D eigenvalue weighted by atomic mass is 9.97. The number of nitrogens with zero attached hydrogens (tertiary/aromatic N) is 2. The molecule has 1 aliphatic heterocycles. The van der Waals surface area contributed by atoms with Gasteiger partial charge in [-0.05, 0) is 43.7 Å². The summed E-state index contributed by atoms with van der Waals surface area (Å²) in [4.78, 5) is 19.0. The van der Waals surface area contributed by atoms with Gasteiger partial charge in [0.25, 0.3) is 0 Å². The Morgan fingerprint density at radius 3 is 2.88 bits per heavy atom. The van der Waals surface area contributed by atoms with Gasteiger partial charge in [0.2, 0.25) is 0 Å². The number of anilines is 1. The van der Waals surface area contributed by atoms with Crippen molar-refractivity contribution in [2.45, 2.75) is 19.5 Å². The van der Waals surface area contributed by atoms with Gasteiger partial charge in [0.15, 0.2) is 0 Å². The molecule has 3 rings (SSSR count). The number of urea groups is 1. The summed E-state index contributed by atoms with van der Waals surface area (Å²) in [7, 11) is 1.94. The van der Waals surface area contributed by atoms with Crippen LogP contribution in [0.15, 0.2) is 42.6 Å². The fourth-order valence-corrected chi connectivity index (χ4v) is 3.12. The van der Waals surface area contributed by atoms with E-state index in [1.165, 1.54) is 11.1 Å². The lowest BCUT2D eigenvalue weighted by Crippen LogP contribution is -2.48. The first-order chi connectivity index (χ1) is 12.2. The average Bonchev–Trinajstić information content (AvgIpc) is 2.63. The van der Waals surface area contributed by atoms with Crippen molar-refractivity contribution in [3.05, 3.63) is 59.4 Å². The van der Waals surface area contributed by atoms with E-state index in [2.05, 4.69) is 44.0 Å². The summed E-state index contributed by atoms with van der Waals surface area (Å²) >= 11 is 0. The number of rotatable bonds is 5. The van der Waals surface area contributed by atoms with Gasteiger partial charge in [-0.25, -0.2) is 4.79 Å². The fraction of sp³-hybridized carbons (Fsp3) is 0.368. The number of likely N-dealkylation sites (N-methyl/N-ethyl adjacent to an activating group) is 1. The third kappa shape index (κ3) is 4.35. The van der Waals surface area contributed by atoms with Crippen LogP contribution >= 0.6 is 0 Å². The van der Waals surface area contributed by atoms with Crippen LogP contribution in [0.1, 0.15) is 23.0 Å². The molecule has 0 saturated carbocycles. The summed E-state index contributed by atoms with van der Waals surface area (Å²) in [6.07, 6.45) is 2.54. The third-order valence-corrected chi connectivity index (χ3v) is 4.47. The first kappa shape index (κ1) is 17.4. The lowest BCUT2D eigenvalue weighted by Gasteiger charge is -2.37. The van der Waals surface area contributed by atoms with Gasteiger partial charge >= 0.3 is 6.03 Å². The second-order valence-electron chi connectivity index (χ2n) is 6.28. The maximum absolute atomic E-state index is 12.5. The van der Waals surface area contributed by atoms with E-state index in [9.17, 15) is 4.79 Å². The molecule has 0 spiro atoms. The molecule has 1 aliphatic rings. The molecule has 2 heterocycles. The van der Waals surface area contributed by atoms with Gasteiger partial charge < -0.3 is 16.0 Å². The summed E-state index contributed by atoms with van der Waals surface area (Å²) in [6.45, 7) is 4.60. The van der Waals surface area contributed by atoms with Crippen LogP contribution < -0.4 is 16.0 Å². The molecular formula is C19H25N5O. The predicted octanol–water partition coefficient (Wildman–Crippen LogP) is 2.29. The van der Waals surface area contributed by atoms with E-state index in [0.29, 0.717) is 5.69 Å². The molecule has 3 N–H and O–H groups in total. The van der Waals surface area contributed by atoms with Crippen molar-refractivity contribution < 1.29 is 4.79 Å². The maximum atomic E-state index is 12.5. The van der Waals surface area contributed by atoms with E-state index in [4.69, 9.17) is 0 Å². The quantitative estimate of drug-likeness (QED) is 0.782.